The minimum absolute atomic E-state index is 0.0511. The molecule has 0 N–H and O–H groups in total. The summed E-state index contributed by atoms with van der Waals surface area (Å²) in [6.07, 6.45) is 5.20. The van der Waals surface area contributed by atoms with E-state index in [1.807, 2.05) is 51.8 Å². The fraction of sp³-hybridized carbons (Fsp3) is 0.471. The van der Waals surface area contributed by atoms with Crippen LogP contribution in [0.1, 0.15) is 30.3 Å². The van der Waals surface area contributed by atoms with Crippen LogP contribution in [0.3, 0.4) is 0 Å². The average Bonchev–Trinajstić information content (AvgIpc) is 2.81. The zero-order valence-electron chi connectivity index (χ0n) is 14.1. The number of amides is 2. The molecule has 0 unspecified atom stereocenters. The first-order valence-electron chi connectivity index (χ1n) is 8.23. The molecule has 2 amide bonds. The van der Waals surface area contributed by atoms with Gasteiger partial charge < -0.3 is 9.80 Å². The highest BCUT2D eigenvalue weighted by Gasteiger charge is 2.25. The van der Waals surface area contributed by atoms with Crippen molar-refractivity contribution in [3.05, 3.63) is 30.1 Å². The van der Waals surface area contributed by atoms with Gasteiger partial charge in [0.1, 0.15) is 0 Å². The number of imidazole rings is 1. The number of aromatic nitrogens is 2. The highest BCUT2D eigenvalue weighted by molar-refractivity contribution is 7.98. The Morgan fingerprint density at radius 1 is 1.17 bits per heavy atom. The molecule has 1 aliphatic rings. The molecule has 0 aromatic carbocycles. The van der Waals surface area contributed by atoms with Crippen molar-refractivity contribution in [2.24, 2.45) is 0 Å². The Balaban J connectivity index is 1.83. The fourth-order valence-corrected chi connectivity index (χ4v) is 3.59. The van der Waals surface area contributed by atoms with Gasteiger partial charge in [-0.05, 0) is 24.8 Å². The summed E-state index contributed by atoms with van der Waals surface area (Å²) in [5.41, 5.74) is 1.33. The molecule has 1 saturated heterocycles. The molecule has 3 rings (SSSR count). The Morgan fingerprint density at radius 3 is 2.67 bits per heavy atom. The standard InChI is InChI=1S/C17H22N4O2S/c1-3-14(22)19-8-6-9-20(12-11-19)16(23)15-13-7-4-5-10-21(13)17(18-15)24-2/h4-5,7,10H,3,6,8-9,11-12H2,1-2H3. The van der Waals surface area contributed by atoms with Crippen LogP contribution in [-0.4, -0.2) is 63.4 Å². The highest BCUT2D eigenvalue weighted by Crippen LogP contribution is 2.21. The van der Waals surface area contributed by atoms with Crippen molar-refractivity contribution >= 4 is 29.1 Å². The first-order chi connectivity index (χ1) is 11.7. The predicted molar refractivity (Wildman–Crippen MR) is 94.4 cm³/mol. The molecule has 0 aliphatic carbocycles. The third-order valence-corrected chi connectivity index (χ3v) is 4.99. The number of nitrogens with zero attached hydrogens (tertiary/aromatic N) is 4. The van der Waals surface area contributed by atoms with E-state index in [0.717, 1.165) is 23.6 Å². The van der Waals surface area contributed by atoms with Gasteiger partial charge in [0.25, 0.3) is 5.91 Å². The smallest absolute Gasteiger partial charge is 0.274 e. The molecule has 1 fully saturated rings. The molecule has 2 aromatic heterocycles. The molecule has 6 nitrogen and oxygen atoms in total. The lowest BCUT2D eigenvalue weighted by Crippen LogP contribution is -2.37. The summed E-state index contributed by atoms with van der Waals surface area (Å²) in [6, 6.07) is 5.77. The van der Waals surface area contributed by atoms with E-state index in [4.69, 9.17) is 0 Å². The van der Waals surface area contributed by atoms with Crippen LogP contribution >= 0.6 is 11.8 Å². The second-order valence-electron chi connectivity index (χ2n) is 5.78. The van der Waals surface area contributed by atoms with Crippen molar-refractivity contribution in [3.8, 4) is 0 Å². The van der Waals surface area contributed by atoms with Crippen LogP contribution in [-0.2, 0) is 4.79 Å². The predicted octanol–water partition coefficient (Wildman–Crippen LogP) is 2.14. The summed E-state index contributed by atoms with van der Waals surface area (Å²) >= 11 is 1.52. The number of rotatable bonds is 3. The summed E-state index contributed by atoms with van der Waals surface area (Å²) < 4.78 is 1.95. The lowest BCUT2D eigenvalue weighted by Gasteiger charge is -2.21. The number of hydrogen-bond donors (Lipinski definition) is 0. The summed E-state index contributed by atoms with van der Waals surface area (Å²) in [4.78, 5) is 33.1. The molecule has 0 saturated carbocycles. The number of fused-ring (bicyclic) bond motifs is 1. The maximum Gasteiger partial charge on any atom is 0.274 e. The lowest BCUT2D eigenvalue weighted by atomic mass is 10.3. The number of carbonyl (C=O) groups excluding carboxylic acids is 2. The molecule has 0 bridgehead atoms. The highest BCUT2D eigenvalue weighted by atomic mass is 32.2. The van der Waals surface area contributed by atoms with Crippen LogP contribution in [0.15, 0.2) is 29.6 Å². The molecule has 0 atom stereocenters. The Bertz CT molecular complexity index is 758. The van der Waals surface area contributed by atoms with E-state index in [-0.39, 0.29) is 11.8 Å². The van der Waals surface area contributed by atoms with E-state index >= 15 is 0 Å². The van der Waals surface area contributed by atoms with Gasteiger partial charge in [0, 0.05) is 38.8 Å². The van der Waals surface area contributed by atoms with E-state index in [0.29, 0.717) is 31.7 Å². The van der Waals surface area contributed by atoms with Gasteiger partial charge in [-0.15, -0.1) is 0 Å². The molecule has 0 spiro atoms. The van der Waals surface area contributed by atoms with Gasteiger partial charge in [-0.25, -0.2) is 4.98 Å². The maximum absolute atomic E-state index is 13.0. The second-order valence-corrected chi connectivity index (χ2v) is 6.56. The van der Waals surface area contributed by atoms with Crippen LogP contribution in [0.2, 0.25) is 0 Å². The maximum atomic E-state index is 13.0. The minimum Gasteiger partial charge on any atom is -0.341 e. The van der Waals surface area contributed by atoms with Crippen molar-refractivity contribution in [2.45, 2.75) is 24.9 Å². The quantitative estimate of drug-likeness (QED) is 0.799. The van der Waals surface area contributed by atoms with Gasteiger partial charge in [0.05, 0.1) is 5.52 Å². The van der Waals surface area contributed by atoms with E-state index in [1.54, 1.807) is 0 Å². The first-order valence-corrected chi connectivity index (χ1v) is 9.46. The van der Waals surface area contributed by atoms with Gasteiger partial charge in [-0.1, -0.05) is 24.8 Å². The van der Waals surface area contributed by atoms with Crippen LogP contribution in [0.4, 0.5) is 0 Å². The fourth-order valence-electron chi connectivity index (χ4n) is 3.05. The third kappa shape index (κ3) is 3.13. The van der Waals surface area contributed by atoms with Gasteiger partial charge in [-0.2, -0.15) is 0 Å². The van der Waals surface area contributed by atoms with Crippen molar-refractivity contribution in [1.29, 1.82) is 0 Å². The number of carbonyl (C=O) groups is 2. The van der Waals surface area contributed by atoms with Gasteiger partial charge in [0.15, 0.2) is 10.9 Å². The van der Waals surface area contributed by atoms with Gasteiger partial charge in [-0.3, -0.25) is 14.0 Å². The Labute approximate surface area is 145 Å². The van der Waals surface area contributed by atoms with Crippen molar-refractivity contribution in [3.63, 3.8) is 0 Å². The second kappa shape index (κ2) is 7.25. The van der Waals surface area contributed by atoms with Crippen molar-refractivity contribution in [1.82, 2.24) is 19.2 Å². The van der Waals surface area contributed by atoms with Gasteiger partial charge >= 0.3 is 0 Å². The van der Waals surface area contributed by atoms with Crippen LogP contribution < -0.4 is 0 Å². The lowest BCUT2D eigenvalue weighted by molar-refractivity contribution is -0.130. The Hall–Kier alpha value is -2.02. The Morgan fingerprint density at radius 2 is 1.92 bits per heavy atom. The Kier molecular flexibility index (Phi) is 5.08. The van der Waals surface area contributed by atoms with E-state index < -0.39 is 0 Å². The van der Waals surface area contributed by atoms with Crippen LogP contribution in [0.25, 0.3) is 5.52 Å². The third-order valence-electron chi connectivity index (χ3n) is 4.34. The van der Waals surface area contributed by atoms with Crippen molar-refractivity contribution in [2.75, 3.05) is 32.4 Å². The number of hydrogen-bond acceptors (Lipinski definition) is 4. The largest absolute Gasteiger partial charge is 0.341 e. The van der Waals surface area contributed by atoms with E-state index in [2.05, 4.69) is 4.98 Å². The molecular formula is C17H22N4O2S. The summed E-state index contributed by atoms with van der Waals surface area (Å²) in [5.74, 6) is 0.103. The molecular weight excluding hydrogens is 324 g/mol. The topological polar surface area (TPSA) is 57.9 Å². The average molecular weight is 346 g/mol. The zero-order chi connectivity index (χ0) is 17.1. The molecule has 3 heterocycles. The summed E-state index contributed by atoms with van der Waals surface area (Å²) in [5, 5.41) is 0.812. The van der Waals surface area contributed by atoms with Crippen LogP contribution in [0, 0.1) is 0 Å². The number of pyridine rings is 1. The van der Waals surface area contributed by atoms with E-state index in [9.17, 15) is 9.59 Å². The molecule has 7 heteroatoms. The molecule has 128 valence electrons. The molecule has 0 radical (unpaired) electrons. The van der Waals surface area contributed by atoms with Crippen molar-refractivity contribution < 1.29 is 9.59 Å². The molecule has 24 heavy (non-hydrogen) atoms. The zero-order valence-corrected chi connectivity index (χ0v) is 14.9. The summed E-state index contributed by atoms with van der Waals surface area (Å²) in [7, 11) is 0. The molecule has 1 aliphatic heterocycles. The summed E-state index contributed by atoms with van der Waals surface area (Å²) in [6.45, 7) is 4.41. The van der Waals surface area contributed by atoms with E-state index in [1.165, 1.54) is 11.8 Å². The number of thioether (sulfide) groups is 1. The molecule has 2 aromatic rings. The SMILES string of the molecule is CCC(=O)N1CCCN(C(=O)c2nc(SC)n3ccccc23)CC1. The normalized spacial score (nSPS) is 15.6. The van der Waals surface area contributed by atoms with Crippen LogP contribution in [0.5, 0.6) is 0 Å². The first kappa shape index (κ1) is 16.8. The monoisotopic (exact) mass is 346 g/mol. The van der Waals surface area contributed by atoms with Gasteiger partial charge in [0.2, 0.25) is 5.91 Å². The minimum atomic E-state index is -0.0511.